The van der Waals surface area contributed by atoms with Gasteiger partial charge in [-0.1, -0.05) is 69.9 Å². The van der Waals surface area contributed by atoms with E-state index < -0.39 is 16.5 Å². The van der Waals surface area contributed by atoms with E-state index in [1.165, 1.54) is 38.5 Å². The lowest BCUT2D eigenvalue weighted by molar-refractivity contribution is -0.121. The number of Topliss-reactive ketones (excluding diaryl/α,β-unsaturated/α-hetero) is 1. The van der Waals surface area contributed by atoms with Gasteiger partial charge in [0.2, 0.25) is 0 Å². The number of hydrogen-bond acceptors (Lipinski definition) is 5. The second-order valence-corrected chi connectivity index (χ2v) is 10.6. The van der Waals surface area contributed by atoms with Crippen molar-refractivity contribution in [2.45, 2.75) is 110 Å². The summed E-state index contributed by atoms with van der Waals surface area (Å²) < 4.78 is 32.5. The first-order chi connectivity index (χ1) is 14.4. The Morgan fingerprint density at radius 2 is 1.70 bits per heavy atom. The number of allylic oxidation sites excluding steroid dienone is 2. The summed E-state index contributed by atoms with van der Waals surface area (Å²) in [6.07, 6.45) is 20.0. The number of ketones is 1. The number of carbonyl (C=O) groups is 1. The minimum absolute atomic E-state index is 0.171. The van der Waals surface area contributed by atoms with Gasteiger partial charge in [-0.3, -0.25) is 4.79 Å². The normalized spacial score (nSPS) is 23.8. The monoisotopic (exact) mass is 442 g/mol. The third-order valence-corrected chi connectivity index (χ3v) is 7.51. The minimum Gasteiger partial charge on any atom is -0.299 e. The standard InChI is InChI=1S/C24H42O5S/c1-20(2)29-30(26,27)28-19-10-5-3-4-9-16-23-22(17-18-24(23)25)15-11-14-21-12-7-6-8-13-21/h11,15,20-23H,3-10,12-14,16-19H2,1-2H3/b15-11+/t22-,23+/m0/s1. The van der Waals surface area contributed by atoms with Gasteiger partial charge < -0.3 is 0 Å². The first-order valence-electron chi connectivity index (χ1n) is 12.1. The maximum atomic E-state index is 12.3. The van der Waals surface area contributed by atoms with Crippen LogP contribution in [0.1, 0.15) is 104 Å². The molecule has 2 aliphatic carbocycles. The molecule has 5 nitrogen and oxygen atoms in total. The zero-order valence-electron chi connectivity index (χ0n) is 19.0. The summed E-state index contributed by atoms with van der Waals surface area (Å²) in [7, 11) is -3.86. The zero-order valence-corrected chi connectivity index (χ0v) is 19.8. The summed E-state index contributed by atoms with van der Waals surface area (Å²) in [5.74, 6) is 1.97. The van der Waals surface area contributed by atoms with Crippen molar-refractivity contribution in [2.24, 2.45) is 17.8 Å². The van der Waals surface area contributed by atoms with Gasteiger partial charge in [-0.15, -0.1) is 0 Å². The molecule has 2 aliphatic rings. The summed E-state index contributed by atoms with van der Waals surface area (Å²) in [6, 6.07) is 0. The van der Waals surface area contributed by atoms with Crippen LogP contribution >= 0.6 is 0 Å². The molecule has 6 heteroatoms. The van der Waals surface area contributed by atoms with Gasteiger partial charge >= 0.3 is 10.4 Å². The van der Waals surface area contributed by atoms with Gasteiger partial charge in [0.05, 0.1) is 12.7 Å². The number of hydrogen-bond donors (Lipinski definition) is 0. The first kappa shape index (κ1) is 25.5. The SMILES string of the molecule is CC(C)OS(=O)(=O)OCCCCCCC[C@H]1C(=O)CC[C@@H]1/C=C/CC1CCCCC1. The Morgan fingerprint density at radius 3 is 2.43 bits per heavy atom. The average Bonchev–Trinajstić information content (AvgIpc) is 3.03. The average molecular weight is 443 g/mol. The number of unbranched alkanes of at least 4 members (excludes halogenated alkanes) is 4. The van der Waals surface area contributed by atoms with Crippen molar-refractivity contribution in [3.63, 3.8) is 0 Å². The van der Waals surface area contributed by atoms with Crippen molar-refractivity contribution < 1.29 is 21.6 Å². The molecule has 0 amide bonds. The third kappa shape index (κ3) is 10.1. The van der Waals surface area contributed by atoms with Crippen LogP contribution in [0.5, 0.6) is 0 Å². The van der Waals surface area contributed by atoms with Crippen molar-refractivity contribution in [3.05, 3.63) is 12.2 Å². The van der Waals surface area contributed by atoms with Crippen molar-refractivity contribution >= 4 is 16.2 Å². The van der Waals surface area contributed by atoms with Crippen molar-refractivity contribution in [1.82, 2.24) is 0 Å². The van der Waals surface area contributed by atoms with E-state index in [9.17, 15) is 13.2 Å². The molecule has 30 heavy (non-hydrogen) atoms. The smallest absolute Gasteiger partial charge is 0.299 e. The molecule has 0 radical (unpaired) electrons. The van der Waals surface area contributed by atoms with Crippen molar-refractivity contribution in [2.75, 3.05) is 6.61 Å². The van der Waals surface area contributed by atoms with Gasteiger partial charge in [0.15, 0.2) is 0 Å². The Morgan fingerprint density at radius 1 is 1.00 bits per heavy atom. The highest BCUT2D eigenvalue weighted by Crippen LogP contribution is 2.34. The fourth-order valence-corrected chi connectivity index (χ4v) is 5.68. The highest BCUT2D eigenvalue weighted by Gasteiger charge is 2.32. The Bertz CT molecular complexity index is 620. The Balaban J connectivity index is 1.56. The summed E-state index contributed by atoms with van der Waals surface area (Å²) in [6.45, 7) is 3.49. The summed E-state index contributed by atoms with van der Waals surface area (Å²) in [5, 5.41) is 0. The predicted molar refractivity (Wildman–Crippen MR) is 120 cm³/mol. The molecule has 0 heterocycles. The lowest BCUT2D eigenvalue weighted by Gasteiger charge is -2.20. The highest BCUT2D eigenvalue weighted by atomic mass is 32.3. The maximum Gasteiger partial charge on any atom is 0.400 e. The quantitative estimate of drug-likeness (QED) is 0.239. The summed E-state index contributed by atoms with van der Waals surface area (Å²) in [4.78, 5) is 12.3. The number of rotatable bonds is 14. The molecule has 0 aromatic heterocycles. The van der Waals surface area contributed by atoms with E-state index in [1.807, 2.05) is 0 Å². The van der Waals surface area contributed by atoms with Gasteiger partial charge in [0.25, 0.3) is 0 Å². The van der Waals surface area contributed by atoms with Crippen LogP contribution in [0.4, 0.5) is 0 Å². The molecule has 2 atom stereocenters. The second kappa shape index (κ2) is 13.6. The molecule has 2 saturated carbocycles. The largest absolute Gasteiger partial charge is 0.400 e. The lowest BCUT2D eigenvalue weighted by Crippen LogP contribution is -2.15. The zero-order chi connectivity index (χ0) is 21.8. The Labute approximate surface area is 184 Å². The molecule has 2 rings (SSSR count). The highest BCUT2D eigenvalue weighted by molar-refractivity contribution is 7.81. The fourth-order valence-electron chi connectivity index (χ4n) is 4.83. The first-order valence-corrected chi connectivity index (χ1v) is 13.5. The van der Waals surface area contributed by atoms with Crippen LogP contribution in [0.25, 0.3) is 0 Å². The van der Waals surface area contributed by atoms with Crippen molar-refractivity contribution in [3.8, 4) is 0 Å². The van der Waals surface area contributed by atoms with E-state index in [2.05, 4.69) is 12.2 Å². The molecule has 2 fully saturated rings. The van der Waals surface area contributed by atoms with Gasteiger partial charge in [-0.25, -0.2) is 8.37 Å². The molecule has 0 aromatic carbocycles. The molecule has 0 unspecified atom stereocenters. The molecule has 0 saturated heterocycles. The van der Waals surface area contributed by atoms with E-state index in [-0.39, 0.29) is 12.5 Å². The van der Waals surface area contributed by atoms with E-state index in [1.54, 1.807) is 13.8 Å². The molecule has 174 valence electrons. The molecular weight excluding hydrogens is 400 g/mol. The molecular formula is C24H42O5S. The predicted octanol–water partition coefficient (Wildman–Crippen LogP) is 6.14. The molecule has 0 bridgehead atoms. The lowest BCUT2D eigenvalue weighted by atomic mass is 9.85. The van der Waals surface area contributed by atoms with Crippen LogP contribution in [0.15, 0.2) is 12.2 Å². The van der Waals surface area contributed by atoms with E-state index >= 15 is 0 Å². The third-order valence-electron chi connectivity index (χ3n) is 6.43. The second-order valence-electron chi connectivity index (χ2n) is 9.37. The molecule has 0 spiro atoms. The van der Waals surface area contributed by atoms with Crippen LogP contribution < -0.4 is 0 Å². The minimum atomic E-state index is -3.86. The van der Waals surface area contributed by atoms with Gasteiger partial charge in [-0.05, 0) is 51.4 Å². The van der Waals surface area contributed by atoms with Crippen LogP contribution in [0.2, 0.25) is 0 Å². The summed E-state index contributed by atoms with van der Waals surface area (Å²) >= 11 is 0. The number of carbonyl (C=O) groups excluding carboxylic acids is 1. The van der Waals surface area contributed by atoms with E-state index in [4.69, 9.17) is 8.37 Å². The van der Waals surface area contributed by atoms with Crippen LogP contribution in [0.3, 0.4) is 0 Å². The van der Waals surface area contributed by atoms with Gasteiger partial charge in [-0.2, -0.15) is 8.42 Å². The van der Waals surface area contributed by atoms with Crippen LogP contribution in [-0.2, 0) is 23.6 Å². The van der Waals surface area contributed by atoms with Crippen molar-refractivity contribution in [1.29, 1.82) is 0 Å². The molecule has 0 N–H and O–H groups in total. The van der Waals surface area contributed by atoms with E-state index in [0.29, 0.717) is 18.1 Å². The molecule has 0 aliphatic heterocycles. The van der Waals surface area contributed by atoms with Gasteiger partial charge in [0.1, 0.15) is 5.78 Å². The Hall–Kier alpha value is -0.720. The molecule has 0 aromatic rings. The van der Waals surface area contributed by atoms with Gasteiger partial charge in [0, 0.05) is 12.3 Å². The topological polar surface area (TPSA) is 69.7 Å². The van der Waals surface area contributed by atoms with E-state index in [0.717, 1.165) is 50.9 Å². The Kier molecular flexibility index (Phi) is 11.6. The summed E-state index contributed by atoms with van der Waals surface area (Å²) in [5.41, 5.74) is 0. The van der Waals surface area contributed by atoms with Crippen LogP contribution in [0, 0.1) is 17.8 Å². The maximum absolute atomic E-state index is 12.3. The fraction of sp³-hybridized carbons (Fsp3) is 0.875. The van der Waals surface area contributed by atoms with Crippen LogP contribution in [-0.4, -0.2) is 26.9 Å².